The molecule has 3 heteroatoms. The van der Waals surface area contributed by atoms with E-state index in [1.54, 1.807) is 0 Å². The average molecular weight is 266 g/mol. The third kappa shape index (κ3) is 4.63. The molecule has 3 nitrogen and oxygen atoms in total. The van der Waals surface area contributed by atoms with E-state index in [0.717, 1.165) is 51.4 Å². The van der Waals surface area contributed by atoms with Gasteiger partial charge in [0, 0.05) is 0 Å². The van der Waals surface area contributed by atoms with Gasteiger partial charge in [0.25, 0.3) is 0 Å². The summed E-state index contributed by atoms with van der Waals surface area (Å²) in [5, 5.41) is 0. The van der Waals surface area contributed by atoms with Gasteiger partial charge in [-0.1, -0.05) is 51.4 Å². The number of rotatable bonds is 2. The van der Waals surface area contributed by atoms with Gasteiger partial charge >= 0.3 is 11.9 Å². The van der Waals surface area contributed by atoms with E-state index in [1.165, 1.54) is 25.7 Å². The number of carbonyl (C=O) groups excluding carboxylic acids is 2. The van der Waals surface area contributed by atoms with Crippen LogP contribution in [0.25, 0.3) is 0 Å². The second-order valence-corrected chi connectivity index (χ2v) is 6.12. The van der Waals surface area contributed by atoms with Crippen LogP contribution in [-0.4, -0.2) is 11.9 Å². The van der Waals surface area contributed by atoms with Crippen molar-refractivity contribution < 1.29 is 14.3 Å². The molecule has 0 aromatic carbocycles. The molecular weight excluding hydrogens is 240 g/mol. The SMILES string of the molecule is O=C(OC(=O)C1CCCCCC1)C1CCCCCC1. The number of carbonyl (C=O) groups is 2. The molecule has 0 atom stereocenters. The Kier molecular flexibility index (Phi) is 5.87. The molecule has 0 radical (unpaired) electrons. The normalized spacial score (nSPS) is 23.4. The van der Waals surface area contributed by atoms with E-state index in [-0.39, 0.29) is 23.8 Å². The molecule has 0 spiro atoms. The second kappa shape index (κ2) is 7.66. The zero-order valence-electron chi connectivity index (χ0n) is 11.9. The predicted molar refractivity (Wildman–Crippen MR) is 73.5 cm³/mol. The summed E-state index contributed by atoms with van der Waals surface area (Å²) < 4.78 is 5.16. The van der Waals surface area contributed by atoms with Gasteiger partial charge in [0.2, 0.25) is 0 Å². The summed E-state index contributed by atoms with van der Waals surface area (Å²) in [7, 11) is 0. The molecule has 2 aliphatic carbocycles. The number of hydrogen-bond acceptors (Lipinski definition) is 3. The van der Waals surface area contributed by atoms with Crippen LogP contribution in [0.5, 0.6) is 0 Å². The molecule has 2 aliphatic rings. The first kappa shape index (κ1) is 14.5. The van der Waals surface area contributed by atoms with Crippen molar-refractivity contribution >= 4 is 11.9 Å². The molecule has 0 aromatic rings. The van der Waals surface area contributed by atoms with Crippen LogP contribution < -0.4 is 0 Å². The van der Waals surface area contributed by atoms with Crippen molar-refractivity contribution in [1.82, 2.24) is 0 Å². The van der Waals surface area contributed by atoms with Crippen molar-refractivity contribution in [3.05, 3.63) is 0 Å². The van der Waals surface area contributed by atoms with Gasteiger partial charge in [0.05, 0.1) is 11.8 Å². The van der Waals surface area contributed by atoms with E-state index in [4.69, 9.17) is 4.74 Å². The van der Waals surface area contributed by atoms with Gasteiger partial charge in [0.1, 0.15) is 0 Å². The van der Waals surface area contributed by atoms with Crippen LogP contribution in [0.15, 0.2) is 0 Å². The van der Waals surface area contributed by atoms with Crippen LogP contribution in [0, 0.1) is 11.8 Å². The van der Waals surface area contributed by atoms with Crippen LogP contribution in [0.2, 0.25) is 0 Å². The van der Waals surface area contributed by atoms with E-state index < -0.39 is 0 Å². The Morgan fingerprint density at radius 2 is 0.895 bits per heavy atom. The molecule has 2 saturated carbocycles. The molecule has 2 fully saturated rings. The van der Waals surface area contributed by atoms with Crippen molar-refractivity contribution in [3.63, 3.8) is 0 Å². The Balaban J connectivity index is 1.81. The van der Waals surface area contributed by atoms with Gasteiger partial charge in [-0.05, 0) is 25.7 Å². The van der Waals surface area contributed by atoms with Crippen LogP contribution >= 0.6 is 0 Å². The number of esters is 2. The molecule has 108 valence electrons. The summed E-state index contributed by atoms with van der Waals surface area (Å²) in [5.41, 5.74) is 0. The molecule has 2 rings (SSSR count). The summed E-state index contributed by atoms with van der Waals surface area (Å²) in [6, 6.07) is 0. The number of hydrogen-bond donors (Lipinski definition) is 0. The Morgan fingerprint density at radius 3 is 1.21 bits per heavy atom. The predicted octanol–water partition coefficient (Wildman–Crippen LogP) is 4.00. The topological polar surface area (TPSA) is 43.4 Å². The third-order valence-corrected chi connectivity index (χ3v) is 4.58. The summed E-state index contributed by atoms with van der Waals surface area (Å²) >= 11 is 0. The highest BCUT2D eigenvalue weighted by molar-refractivity contribution is 5.87. The minimum atomic E-state index is -0.254. The first-order chi connectivity index (χ1) is 9.27. The molecule has 0 saturated heterocycles. The maximum atomic E-state index is 12.0. The fraction of sp³-hybridized carbons (Fsp3) is 0.875. The summed E-state index contributed by atoms with van der Waals surface area (Å²) in [6.45, 7) is 0. The van der Waals surface area contributed by atoms with Crippen LogP contribution in [0.4, 0.5) is 0 Å². The third-order valence-electron chi connectivity index (χ3n) is 4.58. The zero-order chi connectivity index (χ0) is 13.5. The maximum absolute atomic E-state index is 12.0. The molecule has 0 aromatic heterocycles. The van der Waals surface area contributed by atoms with Crippen molar-refractivity contribution in [1.29, 1.82) is 0 Å². The second-order valence-electron chi connectivity index (χ2n) is 6.12. The lowest BCUT2D eigenvalue weighted by molar-refractivity contribution is -0.166. The van der Waals surface area contributed by atoms with Gasteiger partial charge in [-0.25, -0.2) is 0 Å². The van der Waals surface area contributed by atoms with E-state index in [0.29, 0.717) is 0 Å². The van der Waals surface area contributed by atoms with Crippen LogP contribution in [0.3, 0.4) is 0 Å². The first-order valence-electron chi connectivity index (χ1n) is 8.03. The van der Waals surface area contributed by atoms with Crippen molar-refractivity contribution in [2.24, 2.45) is 11.8 Å². The van der Waals surface area contributed by atoms with E-state index in [2.05, 4.69) is 0 Å². The molecule has 0 unspecified atom stereocenters. The molecular formula is C16H26O3. The van der Waals surface area contributed by atoms with Gasteiger partial charge < -0.3 is 4.74 Å². The summed E-state index contributed by atoms with van der Waals surface area (Å²) in [5.74, 6) is -0.568. The molecule has 0 heterocycles. The van der Waals surface area contributed by atoms with Crippen molar-refractivity contribution in [3.8, 4) is 0 Å². The van der Waals surface area contributed by atoms with Crippen LogP contribution in [-0.2, 0) is 14.3 Å². The molecule has 0 N–H and O–H groups in total. The highest BCUT2D eigenvalue weighted by atomic mass is 16.6. The summed E-state index contributed by atoms with van der Waals surface area (Å²) in [4.78, 5) is 24.1. The Morgan fingerprint density at radius 1 is 0.579 bits per heavy atom. The molecule has 0 bridgehead atoms. The maximum Gasteiger partial charge on any atom is 0.316 e. The Labute approximate surface area is 116 Å². The largest absolute Gasteiger partial charge is 0.393 e. The van der Waals surface area contributed by atoms with E-state index in [1.807, 2.05) is 0 Å². The molecule has 0 aliphatic heterocycles. The lowest BCUT2D eigenvalue weighted by Gasteiger charge is -2.16. The van der Waals surface area contributed by atoms with Gasteiger partial charge in [0.15, 0.2) is 0 Å². The molecule has 0 amide bonds. The van der Waals surface area contributed by atoms with Crippen molar-refractivity contribution in [2.45, 2.75) is 77.0 Å². The fourth-order valence-corrected chi connectivity index (χ4v) is 3.30. The highest BCUT2D eigenvalue weighted by Crippen LogP contribution is 2.27. The number of ether oxygens (including phenoxy) is 1. The van der Waals surface area contributed by atoms with Gasteiger partial charge in [-0.3, -0.25) is 9.59 Å². The van der Waals surface area contributed by atoms with Gasteiger partial charge in [-0.15, -0.1) is 0 Å². The lowest BCUT2D eigenvalue weighted by atomic mass is 9.99. The minimum absolute atomic E-state index is 0.0303. The van der Waals surface area contributed by atoms with Gasteiger partial charge in [-0.2, -0.15) is 0 Å². The van der Waals surface area contributed by atoms with E-state index >= 15 is 0 Å². The summed E-state index contributed by atoms with van der Waals surface area (Å²) in [6.07, 6.45) is 12.8. The average Bonchev–Trinajstić information content (AvgIpc) is 2.83. The lowest BCUT2D eigenvalue weighted by Crippen LogP contribution is -2.25. The monoisotopic (exact) mass is 266 g/mol. The Hall–Kier alpha value is -0.860. The highest BCUT2D eigenvalue weighted by Gasteiger charge is 2.28. The Bertz CT molecular complexity index is 265. The van der Waals surface area contributed by atoms with E-state index in [9.17, 15) is 9.59 Å². The van der Waals surface area contributed by atoms with Crippen molar-refractivity contribution in [2.75, 3.05) is 0 Å². The molecule has 19 heavy (non-hydrogen) atoms. The zero-order valence-corrected chi connectivity index (χ0v) is 11.9. The van der Waals surface area contributed by atoms with Crippen LogP contribution in [0.1, 0.15) is 77.0 Å². The smallest absolute Gasteiger partial charge is 0.316 e. The fourth-order valence-electron chi connectivity index (χ4n) is 3.30. The standard InChI is InChI=1S/C16H26O3/c17-15(13-9-5-1-2-6-10-13)19-16(18)14-11-7-3-4-8-12-14/h13-14H,1-12H2. The first-order valence-corrected chi connectivity index (χ1v) is 8.03. The minimum Gasteiger partial charge on any atom is -0.393 e. The quantitative estimate of drug-likeness (QED) is 0.431.